The molecular weight excluding hydrogens is 635 g/mol. The fourth-order valence-corrected chi connectivity index (χ4v) is 11.0. The Bertz CT molecular complexity index is 2870. The summed E-state index contributed by atoms with van der Waals surface area (Å²) in [6.07, 6.45) is 0. The van der Waals surface area contributed by atoms with Gasteiger partial charge in [0.25, 0.3) is 0 Å². The normalized spacial score (nSPS) is 15.5. The molecule has 6 aromatic carbocycles. The fraction of sp³-hybridized carbons (Fsp3) is 0.234. The van der Waals surface area contributed by atoms with E-state index in [-0.39, 0.29) is 23.1 Å². The molecule has 3 aliphatic heterocycles. The Balaban J connectivity index is 1.41. The van der Waals surface area contributed by atoms with Crippen molar-refractivity contribution in [2.45, 2.75) is 71.6 Å². The Morgan fingerprint density at radius 3 is 2.14 bits per heavy atom. The van der Waals surface area contributed by atoms with Crippen LogP contribution in [0.25, 0.3) is 58.8 Å². The maximum Gasteiger partial charge on any atom is 0.333 e. The van der Waals surface area contributed by atoms with Crippen molar-refractivity contribution in [1.29, 1.82) is 0 Å². The third-order valence-corrected chi connectivity index (χ3v) is 13.6. The van der Waals surface area contributed by atoms with Crippen LogP contribution in [-0.4, -0.2) is 11.4 Å². The van der Waals surface area contributed by atoms with Gasteiger partial charge < -0.3 is 9.38 Å². The highest BCUT2D eigenvalue weighted by Crippen LogP contribution is 2.56. The van der Waals surface area contributed by atoms with Crippen LogP contribution in [0, 0.1) is 0 Å². The monoisotopic (exact) mass is 676 g/mol. The lowest BCUT2D eigenvalue weighted by Crippen LogP contribution is -2.62. The second-order valence-electron chi connectivity index (χ2n) is 17.8. The minimum atomic E-state index is -0.131. The quantitative estimate of drug-likeness (QED) is 0.145. The van der Waals surface area contributed by atoms with Gasteiger partial charge >= 0.3 is 6.85 Å². The summed E-state index contributed by atoms with van der Waals surface area (Å²) < 4.78 is 5.41. The Morgan fingerprint density at radius 1 is 0.608 bits per heavy atom. The molecule has 0 saturated heterocycles. The van der Waals surface area contributed by atoms with Crippen LogP contribution in [0.2, 0.25) is 0 Å². The number of para-hydroxylation sites is 2. The summed E-state index contributed by atoms with van der Waals surface area (Å²) in [5.74, 6) is 0. The summed E-state index contributed by atoms with van der Waals surface area (Å²) in [6.45, 7) is 19.0. The maximum absolute atomic E-state index is 2.75. The molecule has 0 spiro atoms. The van der Waals surface area contributed by atoms with Crippen molar-refractivity contribution >= 4 is 82.5 Å². The molecule has 3 aliphatic rings. The van der Waals surface area contributed by atoms with Crippen LogP contribution in [-0.2, 0) is 16.2 Å². The zero-order valence-electron chi connectivity index (χ0n) is 30.7. The Labute approximate surface area is 304 Å². The molecule has 51 heavy (non-hydrogen) atoms. The molecule has 0 saturated carbocycles. The Hall–Kier alpha value is -4.80. The molecule has 0 unspecified atom stereocenters. The van der Waals surface area contributed by atoms with Crippen LogP contribution in [0.3, 0.4) is 0 Å². The summed E-state index contributed by atoms with van der Waals surface area (Å²) >= 11 is 1.96. The first-order valence-electron chi connectivity index (χ1n) is 18.5. The van der Waals surface area contributed by atoms with E-state index in [1.807, 2.05) is 11.3 Å². The fourth-order valence-electron chi connectivity index (χ4n) is 9.79. The number of rotatable bonds is 0. The minimum Gasteiger partial charge on any atom is -0.376 e. The predicted octanol–water partition coefficient (Wildman–Crippen LogP) is 11.6. The molecule has 11 rings (SSSR count). The third-order valence-electron chi connectivity index (χ3n) is 12.4. The molecule has 0 bridgehead atoms. The standard InChI is InChI=1S/C47H41BN2S/c1-45(2,3)26-20-21-37-30(22-26)32-23-27(46(4,5)6)24-36-42(32)49(37)43-40-31(25-33-28-14-9-12-19-39(28)51-44(33)43)29-15-13-17-35-41(29)50(48(36)40)38-18-11-10-16-34(38)47(35,7)8/h9-25H,1-8H3. The number of aromatic nitrogens is 1. The number of benzene rings is 6. The van der Waals surface area contributed by atoms with E-state index in [1.54, 1.807) is 0 Å². The first-order chi connectivity index (χ1) is 24.3. The van der Waals surface area contributed by atoms with Crippen molar-refractivity contribution < 1.29 is 0 Å². The highest BCUT2D eigenvalue weighted by molar-refractivity contribution is 7.26. The molecule has 0 N–H and O–H groups in total. The zero-order chi connectivity index (χ0) is 34.9. The van der Waals surface area contributed by atoms with Crippen molar-refractivity contribution in [1.82, 2.24) is 4.57 Å². The third kappa shape index (κ3) is 3.64. The molecule has 0 fully saturated rings. The molecule has 8 aromatic rings. The number of fused-ring (bicyclic) bond motifs is 13. The van der Waals surface area contributed by atoms with Gasteiger partial charge in [0.15, 0.2) is 0 Å². The number of nitrogens with zero attached hydrogens (tertiary/aromatic N) is 2. The van der Waals surface area contributed by atoms with Gasteiger partial charge in [-0.25, -0.2) is 0 Å². The van der Waals surface area contributed by atoms with Crippen LogP contribution >= 0.6 is 11.3 Å². The summed E-state index contributed by atoms with van der Waals surface area (Å²) in [7, 11) is 0. The zero-order valence-corrected chi connectivity index (χ0v) is 31.5. The van der Waals surface area contributed by atoms with E-state index in [9.17, 15) is 0 Å². The molecule has 0 aliphatic carbocycles. The van der Waals surface area contributed by atoms with Gasteiger partial charge in [-0.15, -0.1) is 11.3 Å². The van der Waals surface area contributed by atoms with Crippen LogP contribution in [0.1, 0.15) is 77.6 Å². The van der Waals surface area contributed by atoms with E-state index in [2.05, 4.69) is 168 Å². The summed E-state index contributed by atoms with van der Waals surface area (Å²) in [4.78, 5) is 2.75. The lowest BCUT2D eigenvalue weighted by atomic mass is 9.42. The molecule has 2 aromatic heterocycles. The van der Waals surface area contributed by atoms with Gasteiger partial charge in [0.2, 0.25) is 0 Å². The van der Waals surface area contributed by atoms with E-state index in [0.717, 1.165) is 0 Å². The molecule has 248 valence electrons. The molecule has 2 nitrogen and oxygen atoms in total. The van der Waals surface area contributed by atoms with Crippen LogP contribution in [0.5, 0.6) is 0 Å². The summed E-state index contributed by atoms with van der Waals surface area (Å²) in [5.41, 5.74) is 17.8. The van der Waals surface area contributed by atoms with E-state index in [4.69, 9.17) is 0 Å². The van der Waals surface area contributed by atoms with Crippen molar-refractivity contribution in [3.8, 4) is 16.8 Å². The van der Waals surface area contributed by atoms with Gasteiger partial charge in [0, 0.05) is 48.6 Å². The van der Waals surface area contributed by atoms with Gasteiger partial charge in [-0.3, -0.25) is 0 Å². The van der Waals surface area contributed by atoms with Gasteiger partial charge in [0.05, 0.1) is 21.4 Å². The van der Waals surface area contributed by atoms with E-state index < -0.39 is 0 Å². The van der Waals surface area contributed by atoms with Crippen molar-refractivity contribution in [2.24, 2.45) is 0 Å². The maximum atomic E-state index is 2.75. The smallest absolute Gasteiger partial charge is 0.333 e. The molecule has 4 heteroatoms. The topological polar surface area (TPSA) is 8.17 Å². The first kappa shape index (κ1) is 29.9. The second kappa shape index (κ2) is 9.35. The Kier molecular flexibility index (Phi) is 5.48. The average molecular weight is 677 g/mol. The largest absolute Gasteiger partial charge is 0.376 e. The lowest BCUT2D eigenvalue weighted by Gasteiger charge is -2.49. The molecule has 0 amide bonds. The van der Waals surface area contributed by atoms with Gasteiger partial charge in [0.1, 0.15) is 0 Å². The SMILES string of the molecule is CC(C)(C)c1ccc2c(c1)c1cc(C(C)(C)C)cc3c1n2-c1c2c(cc4c1sc1ccccc14)-c1cccc4c1N(B23)c1ccccc1C4(C)C. The van der Waals surface area contributed by atoms with E-state index in [0.29, 0.717) is 0 Å². The summed E-state index contributed by atoms with van der Waals surface area (Å²) in [6, 6.07) is 40.3. The van der Waals surface area contributed by atoms with Crippen molar-refractivity contribution in [3.63, 3.8) is 0 Å². The van der Waals surface area contributed by atoms with Crippen molar-refractivity contribution in [3.05, 3.63) is 125 Å². The number of thiophene rings is 1. The number of hydrogen-bond acceptors (Lipinski definition) is 2. The molecule has 0 atom stereocenters. The van der Waals surface area contributed by atoms with Gasteiger partial charge in [-0.1, -0.05) is 122 Å². The van der Waals surface area contributed by atoms with Gasteiger partial charge in [-0.05, 0) is 86.0 Å². The lowest BCUT2D eigenvalue weighted by molar-refractivity contribution is 0.590. The molecule has 5 heterocycles. The molecular formula is C47H41BN2S. The average Bonchev–Trinajstić information content (AvgIpc) is 3.64. The van der Waals surface area contributed by atoms with E-state index in [1.165, 1.54) is 103 Å². The van der Waals surface area contributed by atoms with Crippen LogP contribution in [0.15, 0.2) is 103 Å². The van der Waals surface area contributed by atoms with E-state index >= 15 is 0 Å². The first-order valence-corrected chi connectivity index (χ1v) is 19.3. The van der Waals surface area contributed by atoms with Crippen LogP contribution < -0.4 is 15.7 Å². The minimum absolute atomic E-state index is 0.0151. The number of hydrogen-bond donors (Lipinski definition) is 0. The highest BCUT2D eigenvalue weighted by Gasteiger charge is 2.50. The molecule has 0 radical (unpaired) electrons. The predicted molar refractivity (Wildman–Crippen MR) is 222 cm³/mol. The van der Waals surface area contributed by atoms with Crippen molar-refractivity contribution in [2.75, 3.05) is 4.81 Å². The number of anilines is 2. The second-order valence-corrected chi connectivity index (χ2v) is 18.9. The highest BCUT2D eigenvalue weighted by atomic mass is 32.1. The summed E-state index contributed by atoms with van der Waals surface area (Å²) in [5, 5.41) is 5.44. The van der Waals surface area contributed by atoms with Crippen LogP contribution in [0.4, 0.5) is 11.4 Å². The Morgan fingerprint density at radius 2 is 1.33 bits per heavy atom. The van der Waals surface area contributed by atoms with Gasteiger partial charge in [-0.2, -0.15) is 0 Å².